The average Bonchev–Trinajstić information content (AvgIpc) is 2.57. The van der Waals surface area contributed by atoms with Gasteiger partial charge in [-0.15, -0.1) is 0 Å². The van der Waals surface area contributed by atoms with E-state index >= 15 is 0 Å². The molecule has 1 heteroatoms. The summed E-state index contributed by atoms with van der Waals surface area (Å²) in [5, 5.41) is 9.66. The summed E-state index contributed by atoms with van der Waals surface area (Å²) < 4.78 is 0. The normalized spacial score (nSPS) is 43.3. The van der Waals surface area contributed by atoms with E-state index < -0.39 is 0 Å². The maximum Gasteiger partial charge on any atom is 0.0773 e. The van der Waals surface area contributed by atoms with Crippen molar-refractivity contribution in [3.8, 4) is 0 Å². The molecule has 0 aromatic heterocycles. The van der Waals surface area contributed by atoms with Crippen LogP contribution in [0.5, 0.6) is 0 Å². The molecule has 0 aromatic carbocycles. The van der Waals surface area contributed by atoms with E-state index in [1.807, 2.05) is 6.92 Å². The van der Waals surface area contributed by atoms with Crippen LogP contribution in [0.15, 0.2) is 12.2 Å². The molecule has 2 rings (SSSR count). The molecule has 0 spiro atoms. The molecule has 0 heterocycles. The van der Waals surface area contributed by atoms with Gasteiger partial charge in [-0.3, -0.25) is 0 Å². The minimum absolute atomic E-state index is 0.220. The zero-order chi connectivity index (χ0) is 8.01. The van der Waals surface area contributed by atoms with Crippen LogP contribution in [0.4, 0.5) is 0 Å². The molecule has 1 nitrogen and oxygen atoms in total. The second-order valence-corrected chi connectivity index (χ2v) is 4.28. The van der Waals surface area contributed by atoms with Gasteiger partial charge in [0.15, 0.2) is 0 Å². The van der Waals surface area contributed by atoms with Crippen molar-refractivity contribution in [3.63, 3.8) is 0 Å². The molecule has 0 aromatic rings. The van der Waals surface area contributed by atoms with E-state index in [0.717, 1.165) is 17.4 Å². The van der Waals surface area contributed by atoms with Crippen molar-refractivity contribution in [1.82, 2.24) is 0 Å². The van der Waals surface area contributed by atoms with Crippen LogP contribution < -0.4 is 0 Å². The quantitative estimate of drug-likeness (QED) is 0.600. The molecular formula is C10H16O. The van der Waals surface area contributed by atoms with Crippen molar-refractivity contribution in [2.75, 3.05) is 0 Å². The fourth-order valence-corrected chi connectivity index (χ4v) is 2.42. The predicted octanol–water partition coefficient (Wildman–Crippen LogP) is 1.97. The standard InChI is InChI=1S/C10H16O/c1-6(2)10(11)9-4-7-3-8(7)5-9/h7-11H,1,3-5H2,2H3. The summed E-state index contributed by atoms with van der Waals surface area (Å²) in [6.45, 7) is 5.71. The molecule has 2 aliphatic rings. The van der Waals surface area contributed by atoms with Crippen LogP contribution in [-0.2, 0) is 0 Å². The Kier molecular flexibility index (Phi) is 1.57. The molecular weight excluding hydrogens is 136 g/mol. The lowest BCUT2D eigenvalue weighted by atomic mass is 9.93. The molecule has 2 fully saturated rings. The molecule has 2 aliphatic carbocycles. The van der Waals surface area contributed by atoms with Crippen LogP contribution in [0.3, 0.4) is 0 Å². The number of rotatable bonds is 2. The Labute approximate surface area is 68.1 Å². The molecule has 0 aliphatic heterocycles. The van der Waals surface area contributed by atoms with Crippen LogP contribution >= 0.6 is 0 Å². The van der Waals surface area contributed by atoms with Crippen molar-refractivity contribution in [2.24, 2.45) is 17.8 Å². The Morgan fingerprint density at radius 3 is 2.36 bits per heavy atom. The van der Waals surface area contributed by atoms with Crippen LogP contribution in [0, 0.1) is 17.8 Å². The predicted molar refractivity (Wildman–Crippen MR) is 45.1 cm³/mol. The van der Waals surface area contributed by atoms with Gasteiger partial charge in [-0.05, 0) is 43.9 Å². The second-order valence-electron chi connectivity index (χ2n) is 4.28. The Balaban J connectivity index is 1.91. The van der Waals surface area contributed by atoms with Crippen LogP contribution in [0.2, 0.25) is 0 Å². The summed E-state index contributed by atoms with van der Waals surface area (Å²) in [7, 11) is 0. The van der Waals surface area contributed by atoms with E-state index in [0.29, 0.717) is 5.92 Å². The first-order chi connectivity index (χ1) is 5.18. The second kappa shape index (κ2) is 2.34. The minimum atomic E-state index is -0.220. The van der Waals surface area contributed by atoms with Gasteiger partial charge in [0, 0.05) is 0 Å². The summed E-state index contributed by atoms with van der Waals surface area (Å²) in [5.74, 6) is 2.47. The van der Waals surface area contributed by atoms with E-state index in [9.17, 15) is 5.11 Å². The number of fused-ring (bicyclic) bond motifs is 1. The van der Waals surface area contributed by atoms with Crippen molar-refractivity contribution >= 4 is 0 Å². The van der Waals surface area contributed by atoms with Gasteiger partial charge < -0.3 is 5.11 Å². The topological polar surface area (TPSA) is 20.2 Å². The first-order valence-electron chi connectivity index (χ1n) is 4.52. The van der Waals surface area contributed by atoms with Gasteiger partial charge in [-0.25, -0.2) is 0 Å². The molecule has 3 atom stereocenters. The molecule has 11 heavy (non-hydrogen) atoms. The Hall–Kier alpha value is -0.300. The third-order valence-corrected chi connectivity index (χ3v) is 3.23. The van der Waals surface area contributed by atoms with Crippen molar-refractivity contribution < 1.29 is 5.11 Å². The van der Waals surface area contributed by atoms with Crippen molar-refractivity contribution in [1.29, 1.82) is 0 Å². The first kappa shape index (κ1) is 7.35. The highest BCUT2D eigenvalue weighted by atomic mass is 16.3. The van der Waals surface area contributed by atoms with E-state index in [1.165, 1.54) is 19.3 Å². The van der Waals surface area contributed by atoms with Gasteiger partial charge in [0.2, 0.25) is 0 Å². The van der Waals surface area contributed by atoms with Gasteiger partial charge in [0.05, 0.1) is 6.10 Å². The number of aliphatic hydroxyl groups is 1. The van der Waals surface area contributed by atoms with Gasteiger partial charge in [0.25, 0.3) is 0 Å². The van der Waals surface area contributed by atoms with E-state index in [-0.39, 0.29) is 6.10 Å². The highest BCUT2D eigenvalue weighted by Crippen LogP contribution is 2.55. The molecule has 1 N–H and O–H groups in total. The van der Waals surface area contributed by atoms with Gasteiger partial charge >= 0.3 is 0 Å². The molecule has 0 bridgehead atoms. The zero-order valence-corrected chi connectivity index (χ0v) is 7.09. The summed E-state index contributed by atoms with van der Waals surface area (Å²) in [5.41, 5.74) is 0.941. The van der Waals surface area contributed by atoms with Crippen molar-refractivity contribution in [2.45, 2.75) is 32.3 Å². The maximum absolute atomic E-state index is 9.66. The Morgan fingerprint density at radius 1 is 1.36 bits per heavy atom. The lowest BCUT2D eigenvalue weighted by molar-refractivity contribution is 0.137. The van der Waals surface area contributed by atoms with Crippen LogP contribution in [-0.4, -0.2) is 11.2 Å². The van der Waals surface area contributed by atoms with Crippen LogP contribution in [0.25, 0.3) is 0 Å². The Morgan fingerprint density at radius 2 is 1.91 bits per heavy atom. The number of aliphatic hydroxyl groups excluding tert-OH is 1. The molecule has 62 valence electrons. The largest absolute Gasteiger partial charge is 0.388 e. The van der Waals surface area contributed by atoms with E-state index in [2.05, 4.69) is 6.58 Å². The molecule has 0 saturated heterocycles. The minimum Gasteiger partial charge on any atom is -0.388 e. The van der Waals surface area contributed by atoms with Gasteiger partial charge in [-0.1, -0.05) is 12.2 Å². The zero-order valence-electron chi connectivity index (χ0n) is 7.09. The molecule has 0 radical (unpaired) electrons. The van der Waals surface area contributed by atoms with Crippen molar-refractivity contribution in [3.05, 3.63) is 12.2 Å². The average molecular weight is 152 g/mol. The lowest BCUT2D eigenvalue weighted by Crippen LogP contribution is -2.19. The fraction of sp³-hybridized carbons (Fsp3) is 0.800. The highest BCUT2D eigenvalue weighted by Gasteiger charge is 2.47. The summed E-state index contributed by atoms with van der Waals surface area (Å²) in [6.07, 6.45) is 3.71. The third kappa shape index (κ3) is 1.22. The SMILES string of the molecule is C=C(C)C(O)C1CC2CC2C1. The summed E-state index contributed by atoms with van der Waals surface area (Å²) in [6, 6.07) is 0. The van der Waals surface area contributed by atoms with Gasteiger partial charge in [0.1, 0.15) is 0 Å². The monoisotopic (exact) mass is 152 g/mol. The third-order valence-electron chi connectivity index (χ3n) is 3.23. The number of hydrogen-bond acceptors (Lipinski definition) is 1. The lowest BCUT2D eigenvalue weighted by Gasteiger charge is -2.19. The highest BCUT2D eigenvalue weighted by molar-refractivity contribution is 5.06. The first-order valence-corrected chi connectivity index (χ1v) is 4.52. The van der Waals surface area contributed by atoms with Crippen LogP contribution in [0.1, 0.15) is 26.2 Å². The number of hydrogen-bond donors (Lipinski definition) is 1. The summed E-state index contributed by atoms with van der Waals surface area (Å²) >= 11 is 0. The van der Waals surface area contributed by atoms with E-state index in [4.69, 9.17) is 0 Å². The van der Waals surface area contributed by atoms with Gasteiger partial charge in [-0.2, -0.15) is 0 Å². The molecule has 2 saturated carbocycles. The molecule has 0 amide bonds. The van der Waals surface area contributed by atoms with E-state index in [1.54, 1.807) is 0 Å². The molecule has 3 unspecified atom stereocenters. The fourth-order valence-electron chi connectivity index (χ4n) is 2.42. The maximum atomic E-state index is 9.66. The Bertz CT molecular complexity index is 175. The summed E-state index contributed by atoms with van der Waals surface area (Å²) in [4.78, 5) is 0. The smallest absolute Gasteiger partial charge is 0.0773 e.